The minimum Gasteiger partial charge on any atom is -0.497 e. The Labute approximate surface area is 283 Å². The van der Waals surface area contributed by atoms with Gasteiger partial charge in [-0.3, -0.25) is 9.59 Å². The number of benzene rings is 2. The number of ether oxygens (including phenoxy) is 1. The van der Waals surface area contributed by atoms with Crippen LogP contribution in [0.2, 0.25) is 0 Å². The van der Waals surface area contributed by atoms with Crippen LogP contribution >= 0.6 is 0 Å². The predicted octanol–water partition coefficient (Wildman–Crippen LogP) is 4.94. The Bertz CT molecular complexity index is 1910. The number of nitrogens with one attached hydrogen (secondary N) is 1. The van der Waals surface area contributed by atoms with Crippen LogP contribution in [-0.2, 0) is 21.5 Å². The second-order valence-corrected chi connectivity index (χ2v) is 17.1. The molecule has 2 saturated heterocycles. The van der Waals surface area contributed by atoms with Crippen molar-refractivity contribution < 1.29 is 22.7 Å². The molecule has 1 N–H and O–H groups in total. The van der Waals surface area contributed by atoms with Gasteiger partial charge in [0, 0.05) is 74.3 Å². The van der Waals surface area contributed by atoms with Crippen molar-refractivity contribution in [2.24, 2.45) is 11.3 Å². The van der Waals surface area contributed by atoms with Crippen molar-refractivity contribution in [2.45, 2.75) is 75.8 Å². The van der Waals surface area contributed by atoms with Crippen molar-refractivity contribution in [2.75, 3.05) is 47.9 Å². The first-order valence-electron chi connectivity index (χ1n) is 17.6. The molecule has 2 amide bonds. The first-order valence-corrected chi connectivity index (χ1v) is 19.0. The molecule has 11 heteroatoms. The standard InChI is InChI=1S/C37H47N5O5S/c1-39(2)48(45,46)38-35(43)24-12-14-28-31(17-24)42-22-37(36(44)41-16-8-11-25-20-40(3)21-32(25)41)19-30(37)29-18-26(47-4)13-15-27(29)34(42)33(28)23-9-6-5-7-10-23/h12-15,17-18,23,25,30,32H,5-11,16,19-22H2,1-4H3,(H,38,43)/t25-,30?,32+,37?/m1/s1. The van der Waals surface area contributed by atoms with E-state index in [1.807, 2.05) is 18.2 Å². The number of carbonyl (C=O) groups is 2. The van der Waals surface area contributed by atoms with Gasteiger partial charge < -0.3 is 19.1 Å². The SMILES string of the molecule is COc1ccc2c(c1)C1CC1(C(=O)N1CCC[C@@H]3CN(C)C[C@@H]31)Cn1c-2c(C2CCCCC2)c2ccc(C(=O)NS(=O)(=O)N(C)C)cc21. The van der Waals surface area contributed by atoms with Gasteiger partial charge in [0.15, 0.2) is 0 Å². The summed E-state index contributed by atoms with van der Waals surface area (Å²) >= 11 is 0. The summed E-state index contributed by atoms with van der Waals surface area (Å²) in [5.41, 5.74) is 5.32. The lowest BCUT2D eigenvalue weighted by Gasteiger charge is -2.39. The van der Waals surface area contributed by atoms with Crippen molar-refractivity contribution in [3.63, 3.8) is 0 Å². The molecular formula is C37H47N5O5S. The molecule has 1 aromatic heterocycles. The lowest BCUT2D eigenvalue weighted by atomic mass is 9.81. The first-order chi connectivity index (χ1) is 23.0. The second-order valence-electron chi connectivity index (χ2n) is 15.2. The number of likely N-dealkylation sites (tertiary alicyclic amines) is 2. The van der Waals surface area contributed by atoms with Crippen LogP contribution in [0.1, 0.15) is 84.7 Å². The fourth-order valence-corrected chi connectivity index (χ4v) is 10.2. The zero-order valence-electron chi connectivity index (χ0n) is 28.5. The average Bonchev–Trinajstić information content (AvgIpc) is 3.58. The van der Waals surface area contributed by atoms with Crippen molar-refractivity contribution >= 4 is 32.9 Å². The van der Waals surface area contributed by atoms with E-state index in [0.29, 0.717) is 18.4 Å². The van der Waals surface area contributed by atoms with Gasteiger partial charge in [-0.25, -0.2) is 4.72 Å². The number of piperidine rings is 1. The highest BCUT2D eigenvalue weighted by molar-refractivity contribution is 7.87. The van der Waals surface area contributed by atoms with Crippen molar-refractivity contribution in [1.29, 1.82) is 0 Å². The summed E-state index contributed by atoms with van der Waals surface area (Å²) < 4.78 is 36.5. The number of rotatable bonds is 6. The van der Waals surface area contributed by atoms with Crippen LogP contribution in [0.25, 0.3) is 22.2 Å². The fourth-order valence-electron chi connectivity index (χ4n) is 9.62. The van der Waals surface area contributed by atoms with Gasteiger partial charge in [-0.1, -0.05) is 25.3 Å². The minimum absolute atomic E-state index is 0.0699. The molecule has 2 aliphatic carbocycles. The number of likely N-dealkylation sites (N-methyl/N-ethyl adjacent to an activating group) is 1. The van der Waals surface area contributed by atoms with Crippen molar-refractivity contribution in [3.05, 3.63) is 53.1 Å². The van der Waals surface area contributed by atoms with Crippen LogP contribution in [0.3, 0.4) is 0 Å². The van der Waals surface area contributed by atoms with E-state index in [0.717, 1.165) is 77.5 Å². The van der Waals surface area contributed by atoms with Gasteiger partial charge in [-0.05, 0) is 92.4 Å². The molecule has 4 heterocycles. The molecule has 2 unspecified atom stereocenters. The molecule has 10 nitrogen and oxygen atoms in total. The fraction of sp³-hybridized carbons (Fsp3) is 0.568. The van der Waals surface area contributed by atoms with E-state index in [-0.39, 0.29) is 23.4 Å². The van der Waals surface area contributed by atoms with Gasteiger partial charge in [0.05, 0.1) is 18.2 Å². The number of carbonyl (C=O) groups excluding carboxylic acids is 2. The summed E-state index contributed by atoms with van der Waals surface area (Å²) in [5, 5.41) is 1.09. The predicted molar refractivity (Wildman–Crippen MR) is 185 cm³/mol. The van der Waals surface area contributed by atoms with Crippen LogP contribution in [0.4, 0.5) is 0 Å². The highest BCUT2D eigenvalue weighted by Gasteiger charge is 2.65. The second kappa shape index (κ2) is 11.6. The number of fused-ring (bicyclic) bond motifs is 8. The van der Waals surface area contributed by atoms with Crippen LogP contribution in [0.5, 0.6) is 5.75 Å². The Balaban J connectivity index is 1.31. The lowest BCUT2D eigenvalue weighted by Crippen LogP contribution is -2.52. The zero-order valence-corrected chi connectivity index (χ0v) is 29.3. The Morgan fingerprint density at radius 1 is 1.00 bits per heavy atom. The number of hydrogen-bond donors (Lipinski definition) is 1. The third kappa shape index (κ3) is 4.98. The van der Waals surface area contributed by atoms with E-state index >= 15 is 4.79 Å². The summed E-state index contributed by atoms with van der Waals surface area (Å²) in [6.07, 6.45) is 8.74. The molecule has 2 saturated carbocycles. The Morgan fingerprint density at radius 3 is 2.54 bits per heavy atom. The van der Waals surface area contributed by atoms with E-state index in [1.54, 1.807) is 13.2 Å². The minimum atomic E-state index is -3.97. The Hall–Kier alpha value is -3.41. The topological polar surface area (TPSA) is 104 Å². The largest absolute Gasteiger partial charge is 0.497 e. The molecule has 0 spiro atoms. The van der Waals surface area contributed by atoms with Crippen LogP contribution in [0.15, 0.2) is 36.4 Å². The van der Waals surface area contributed by atoms with Gasteiger partial charge in [0.25, 0.3) is 5.91 Å². The molecule has 3 aliphatic heterocycles. The maximum Gasteiger partial charge on any atom is 0.303 e. The smallest absolute Gasteiger partial charge is 0.303 e. The zero-order chi connectivity index (χ0) is 33.5. The summed E-state index contributed by atoms with van der Waals surface area (Å²) in [7, 11) is 2.68. The van der Waals surface area contributed by atoms with E-state index in [4.69, 9.17) is 4.74 Å². The molecule has 8 rings (SSSR count). The first kappa shape index (κ1) is 31.8. The molecule has 2 aromatic carbocycles. The molecule has 256 valence electrons. The van der Waals surface area contributed by atoms with E-state index in [2.05, 4.69) is 38.3 Å². The van der Waals surface area contributed by atoms with Crippen LogP contribution in [-0.4, -0.2) is 92.8 Å². The Kier molecular flexibility index (Phi) is 7.69. The third-order valence-electron chi connectivity index (χ3n) is 12.1. The van der Waals surface area contributed by atoms with E-state index in [1.165, 1.54) is 50.9 Å². The maximum absolute atomic E-state index is 15.1. The molecule has 48 heavy (non-hydrogen) atoms. The summed E-state index contributed by atoms with van der Waals surface area (Å²) in [4.78, 5) is 33.1. The molecule has 3 aromatic rings. The van der Waals surface area contributed by atoms with Crippen LogP contribution < -0.4 is 9.46 Å². The van der Waals surface area contributed by atoms with Gasteiger partial charge in [-0.15, -0.1) is 0 Å². The maximum atomic E-state index is 15.1. The van der Waals surface area contributed by atoms with Gasteiger partial charge in [0.2, 0.25) is 5.91 Å². The number of amides is 2. The number of aromatic nitrogens is 1. The molecule has 0 bridgehead atoms. The monoisotopic (exact) mass is 673 g/mol. The summed E-state index contributed by atoms with van der Waals surface area (Å²) in [6.45, 7) is 3.28. The Morgan fingerprint density at radius 2 is 1.79 bits per heavy atom. The van der Waals surface area contributed by atoms with Gasteiger partial charge in [-0.2, -0.15) is 12.7 Å². The van der Waals surface area contributed by atoms with Crippen molar-refractivity contribution in [1.82, 2.24) is 23.4 Å². The highest BCUT2D eigenvalue weighted by atomic mass is 32.2. The normalized spacial score (nSPS) is 27.2. The van der Waals surface area contributed by atoms with Gasteiger partial charge in [0.1, 0.15) is 5.75 Å². The van der Waals surface area contributed by atoms with Crippen LogP contribution in [0, 0.1) is 11.3 Å². The highest BCUT2D eigenvalue weighted by Crippen LogP contribution is 2.66. The quantitative estimate of drug-likeness (QED) is 0.398. The molecule has 4 atom stereocenters. The molecule has 0 radical (unpaired) electrons. The van der Waals surface area contributed by atoms with Crippen molar-refractivity contribution in [3.8, 4) is 17.0 Å². The number of nitrogens with zero attached hydrogens (tertiary/aromatic N) is 4. The molecule has 5 aliphatic rings. The van der Waals surface area contributed by atoms with E-state index in [9.17, 15) is 13.2 Å². The lowest BCUT2D eigenvalue weighted by molar-refractivity contribution is -0.142. The molecule has 4 fully saturated rings. The summed E-state index contributed by atoms with van der Waals surface area (Å²) in [6, 6.07) is 12.2. The third-order valence-corrected chi connectivity index (χ3v) is 13.5. The van der Waals surface area contributed by atoms with Gasteiger partial charge >= 0.3 is 10.2 Å². The number of methoxy groups -OCH3 is 1. The number of hydrogen-bond acceptors (Lipinski definition) is 6. The average molecular weight is 674 g/mol. The van der Waals surface area contributed by atoms with E-state index < -0.39 is 21.5 Å². The summed E-state index contributed by atoms with van der Waals surface area (Å²) in [5.74, 6) is 1.33. The molecular weight excluding hydrogens is 627 g/mol.